The maximum Gasteiger partial charge on any atom is 0.243 e. The van der Waals surface area contributed by atoms with Crippen molar-refractivity contribution >= 4 is 19.9 Å². The molecule has 0 saturated carbocycles. The van der Waals surface area contributed by atoms with Gasteiger partial charge in [-0.15, -0.1) is 0 Å². The second-order valence-corrected chi connectivity index (χ2v) is 10.7. The zero-order valence-corrected chi connectivity index (χ0v) is 17.0. The van der Waals surface area contributed by atoms with E-state index in [0.29, 0.717) is 5.56 Å². The van der Waals surface area contributed by atoms with Crippen LogP contribution >= 0.6 is 0 Å². The van der Waals surface area contributed by atoms with Crippen LogP contribution in [0.15, 0.2) is 53.4 Å². The summed E-state index contributed by atoms with van der Waals surface area (Å²) in [4.78, 5) is -0.219. The summed E-state index contributed by atoms with van der Waals surface area (Å²) in [6.45, 7) is 1.83. The van der Waals surface area contributed by atoms with Crippen molar-refractivity contribution in [2.45, 2.75) is 23.5 Å². The molecule has 0 aromatic heterocycles. The van der Waals surface area contributed by atoms with Crippen molar-refractivity contribution in [3.8, 4) is 5.75 Å². The van der Waals surface area contributed by atoms with Gasteiger partial charge in [-0.25, -0.2) is 21.2 Å². The van der Waals surface area contributed by atoms with Crippen LogP contribution in [0.1, 0.15) is 24.2 Å². The summed E-state index contributed by atoms with van der Waals surface area (Å²) in [5.41, 5.74) is 0.647. The minimum Gasteiger partial charge on any atom is -0.491 e. The largest absolute Gasteiger partial charge is 0.491 e. The molecule has 1 fully saturated rings. The molecule has 2 aromatic rings. The van der Waals surface area contributed by atoms with Crippen molar-refractivity contribution in [3.63, 3.8) is 0 Å². The lowest BCUT2D eigenvalue weighted by Gasteiger charge is -2.20. The van der Waals surface area contributed by atoms with Gasteiger partial charge in [0.05, 0.1) is 22.5 Å². The molecule has 1 saturated heterocycles. The molecule has 152 valence electrons. The summed E-state index contributed by atoms with van der Waals surface area (Å²) in [5, 5.41) is -0.758. The molecule has 0 aliphatic carbocycles. The molecule has 0 spiro atoms. The van der Waals surface area contributed by atoms with Crippen molar-refractivity contribution in [1.29, 1.82) is 0 Å². The smallest absolute Gasteiger partial charge is 0.243 e. The predicted octanol–water partition coefficient (Wildman–Crippen LogP) is 2.77. The van der Waals surface area contributed by atoms with Crippen LogP contribution in [0.5, 0.6) is 5.75 Å². The van der Waals surface area contributed by atoms with Gasteiger partial charge in [-0.3, -0.25) is 0 Å². The topological polar surface area (TPSA) is 80.8 Å². The number of benzene rings is 2. The number of sulfone groups is 1. The van der Waals surface area contributed by atoms with E-state index in [1.54, 1.807) is 37.3 Å². The Bertz CT molecular complexity index is 1040. The van der Waals surface area contributed by atoms with E-state index in [9.17, 15) is 21.2 Å². The lowest BCUT2D eigenvalue weighted by atomic mass is 10.1. The molecule has 1 aliphatic heterocycles. The third-order valence-corrected chi connectivity index (χ3v) is 8.73. The Morgan fingerprint density at radius 3 is 2.50 bits per heavy atom. The summed E-state index contributed by atoms with van der Waals surface area (Å²) in [6, 6.07) is 12.2. The molecule has 0 amide bonds. The van der Waals surface area contributed by atoms with E-state index in [1.807, 2.05) is 0 Å². The number of nitrogens with zero attached hydrogens (tertiary/aromatic N) is 1. The molecule has 28 heavy (non-hydrogen) atoms. The van der Waals surface area contributed by atoms with Crippen molar-refractivity contribution in [2.24, 2.45) is 0 Å². The van der Waals surface area contributed by atoms with Crippen LogP contribution in [0, 0.1) is 5.82 Å². The number of sulfonamides is 1. The maximum atomic E-state index is 14.1. The van der Waals surface area contributed by atoms with E-state index in [2.05, 4.69) is 0 Å². The van der Waals surface area contributed by atoms with Crippen molar-refractivity contribution in [3.05, 3.63) is 59.9 Å². The van der Waals surface area contributed by atoms with E-state index in [0.717, 1.165) is 10.4 Å². The maximum absolute atomic E-state index is 14.1. The number of hydrogen-bond acceptors (Lipinski definition) is 5. The lowest BCUT2D eigenvalue weighted by molar-refractivity contribution is 0.321. The van der Waals surface area contributed by atoms with Crippen molar-refractivity contribution in [2.75, 3.05) is 25.4 Å². The Hall–Kier alpha value is -1.97. The van der Waals surface area contributed by atoms with Crippen LogP contribution in [0.3, 0.4) is 0 Å². The van der Waals surface area contributed by atoms with Gasteiger partial charge in [0.2, 0.25) is 10.0 Å². The highest BCUT2D eigenvalue weighted by molar-refractivity contribution is 7.92. The number of rotatable bonds is 5. The number of ether oxygens (including phenoxy) is 1. The highest BCUT2D eigenvalue weighted by atomic mass is 32.2. The van der Waals surface area contributed by atoms with E-state index < -0.39 is 30.9 Å². The van der Waals surface area contributed by atoms with Gasteiger partial charge in [0.25, 0.3) is 0 Å². The first-order valence-electron chi connectivity index (χ1n) is 8.94. The molecule has 1 aliphatic rings. The van der Waals surface area contributed by atoms with Crippen LogP contribution < -0.4 is 4.74 Å². The molecule has 2 aromatic carbocycles. The third kappa shape index (κ3) is 4.21. The monoisotopic (exact) mass is 427 g/mol. The van der Waals surface area contributed by atoms with E-state index in [-0.39, 0.29) is 42.5 Å². The first kappa shape index (κ1) is 20.8. The van der Waals surface area contributed by atoms with Crippen LogP contribution in [0.2, 0.25) is 0 Å². The SMILES string of the molecule is CCOc1ccc(S(=O)(=O)N2CCC(c3ccccc3)S(=O)(=O)CC2)cc1F. The van der Waals surface area contributed by atoms with E-state index in [1.165, 1.54) is 12.1 Å². The highest BCUT2D eigenvalue weighted by Gasteiger charge is 2.35. The van der Waals surface area contributed by atoms with Crippen LogP contribution in [-0.4, -0.2) is 46.6 Å². The standard InChI is InChI=1S/C19H22FNO5S2/c1-2-26-18-9-8-16(14-17(18)20)28(24,25)21-11-10-19(27(22,23)13-12-21)15-6-4-3-5-7-15/h3-9,14,19H,2,10-13H2,1H3. The quantitative estimate of drug-likeness (QED) is 0.733. The van der Waals surface area contributed by atoms with Gasteiger partial charge in [-0.2, -0.15) is 4.31 Å². The van der Waals surface area contributed by atoms with Gasteiger partial charge in [0.1, 0.15) is 0 Å². The van der Waals surface area contributed by atoms with Gasteiger partial charge in [0, 0.05) is 13.1 Å². The Kier molecular flexibility index (Phi) is 6.07. The van der Waals surface area contributed by atoms with Crippen molar-refractivity contribution < 1.29 is 26.0 Å². The molecule has 0 bridgehead atoms. The Morgan fingerprint density at radius 2 is 1.86 bits per heavy atom. The lowest BCUT2D eigenvalue weighted by Crippen LogP contribution is -2.33. The van der Waals surface area contributed by atoms with Crippen LogP contribution in [-0.2, 0) is 19.9 Å². The zero-order chi connectivity index (χ0) is 20.4. The summed E-state index contributed by atoms with van der Waals surface area (Å²) < 4.78 is 71.6. The zero-order valence-electron chi connectivity index (χ0n) is 15.4. The van der Waals surface area contributed by atoms with Crippen LogP contribution in [0.25, 0.3) is 0 Å². The molecule has 9 heteroatoms. The molecule has 0 radical (unpaired) electrons. The van der Waals surface area contributed by atoms with Gasteiger partial charge in [-0.1, -0.05) is 30.3 Å². The normalized spacial score (nSPS) is 20.4. The molecular weight excluding hydrogens is 405 g/mol. The first-order valence-corrected chi connectivity index (χ1v) is 12.1. The Balaban J connectivity index is 1.87. The average Bonchev–Trinajstić information content (AvgIpc) is 2.82. The predicted molar refractivity (Wildman–Crippen MR) is 104 cm³/mol. The minimum absolute atomic E-state index is 0.0240. The molecule has 1 atom stereocenters. The first-order chi connectivity index (χ1) is 13.3. The Morgan fingerprint density at radius 1 is 1.14 bits per heavy atom. The molecule has 1 heterocycles. The van der Waals surface area contributed by atoms with Gasteiger partial charge < -0.3 is 4.74 Å². The molecule has 3 rings (SSSR count). The van der Waals surface area contributed by atoms with E-state index in [4.69, 9.17) is 4.74 Å². The molecular formula is C19H22FNO5S2. The summed E-state index contributed by atoms with van der Waals surface area (Å²) in [5.74, 6) is -1.08. The number of halogens is 1. The molecule has 0 N–H and O–H groups in total. The minimum atomic E-state index is -4.02. The fourth-order valence-corrected chi connectivity index (χ4v) is 6.65. The average molecular weight is 428 g/mol. The van der Waals surface area contributed by atoms with Gasteiger partial charge in [-0.05, 0) is 37.1 Å². The second-order valence-electron chi connectivity index (χ2n) is 6.48. The second kappa shape index (κ2) is 8.18. The summed E-state index contributed by atoms with van der Waals surface area (Å²) >= 11 is 0. The summed E-state index contributed by atoms with van der Waals surface area (Å²) in [6.07, 6.45) is 0.144. The number of hydrogen-bond donors (Lipinski definition) is 0. The molecule has 1 unspecified atom stereocenters. The third-order valence-electron chi connectivity index (χ3n) is 4.71. The molecule has 6 nitrogen and oxygen atoms in total. The summed E-state index contributed by atoms with van der Waals surface area (Å²) in [7, 11) is -7.53. The van der Waals surface area contributed by atoms with Gasteiger partial charge in [0.15, 0.2) is 21.4 Å². The van der Waals surface area contributed by atoms with Gasteiger partial charge >= 0.3 is 0 Å². The van der Waals surface area contributed by atoms with Crippen LogP contribution in [0.4, 0.5) is 4.39 Å². The fraction of sp³-hybridized carbons (Fsp3) is 0.368. The fourth-order valence-electron chi connectivity index (χ4n) is 3.27. The highest BCUT2D eigenvalue weighted by Crippen LogP contribution is 2.31. The Labute approximate surface area is 164 Å². The van der Waals surface area contributed by atoms with E-state index >= 15 is 0 Å². The van der Waals surface area contributed by atoms with Crippen molar-refractivity contribution in [1.82, 2.24) is 4.31 Å².